The molecule has 0 aliphatic carbocycles. The van der Waals surface area contributed by atoms with Gasteiger partial charge in [-0.15, -0.1) is 0 Å². The van der Waals surface area contributed by atoms with E-state index in [0.29, 0.717) is 17.0 Å². The monoisotopic (exact) mass is 256 g/mol. The van der Waals surface area contributed by atoms with E-state index >= 15 is 0 Å². The molecule has 0 aromatic heterocycles. The van der Waals surface area contributed by atoms with Crippen LogP contribution < -0.4 is 15.8 Å². The lowest BCUT2D eigenvalue weighted by atomic mass is 10.1. The first kappa shape index (κ1) is 13.0. The number of benzene rings is 2. The molecule has 0 spiro atoms. The fourth-order valence-electron chi connectivity index (χ4n) is 1.73. The second-order valence-electron chi connectivity index (χ2n) is 4.25. The van der Waals surface area contributed by atoms with Crippen molar-refractivity contribution < 1.29 is 9.53 Å². The largest absolute Gasteiger partial charge is 0.455 e. The quantitative estimate of drug-likeness (QED) is 0.830. The Kier molecular flexibility index (Phi) is 3.71. The molecule has 2 aromatic rings. The first-order chi connectivity index (χ1) is 9.10. The standard InChI is InChI=1S/C15H16N2O2/c1-10-4-3-5-12(8-10)19-14-7-6-11(9-13(14)16)15(18)17-2/h3-9H,16H2,1-2H3,(H,17,18). The lowest BCUT2D eigenvalue weighted by molar-refractivity contribution is 0.0963. The molecule has 0 aliphatic heterocycles. The Morgan fingerprint density at radius 3 is 2.63 bits per heavy atom. The summed E-state index contributed by atoms with van der Waals surface area (Å²) in [7, 11) is 1.58. The number of nitrogens with one attached hydrogen (secondary N) is 1. The van der Waals surface area contributed by atoms with Gasteiger partial charge < -0.3 is 15.8 Å². The van der Waals surface area contributed by atoms with E-state index in [9.17, 15) is 4.79 Å². The molecule has 0 heterocycles. The average molecular weight is 256 g/mol. The van der Waals surface area contributed by atoms with Crippen molar-refractivity contribution >= 4 is 11.6 Å². The number of anilines is 1. The molecule has 0 saturated heterocycles. The van der Waals surface area contributed by atoms with Crippen LogP contribution in [0.15, 0.2) is 42.5 Å². The molecule has 0 saturated carbocycles. The molecule has 1 amide bonds. The maximum absolute atomic E-state index is 11.5. The van der Waals surface area contributed by atoms with Gasteiger partial charge in [0.2, 0.25) is 0 Å². The summed E-state index contributed by atoms with van der Waals surface area (Å²) in [5.41, 5.74) is 7.95. The molecule has 0 radical (unpaired) electrons. The number of rotatable bonds is 3. The van der Waals surface area contributed by atoms with Gasteiger partial charge in [0.15, 0.2) is 0 Å². The van der Waals surface area contributed by atoms with Crippen LogP contribution in [-0.2, 0) is 0 Å². The van der Waals surface area contributed by atoms with Crippen LogP contribution in [0.4, 0.5) is 5.69 Å². The highest BCUT2D eigenvalue weighted by Crippen LogP contribution is 2.28. The van der Waals surface area contributed by atoms with Gasteiger partial charge in [0, 0.05) is 12.6 Å². The van der Waals surface area contributed by atoms with E-state index in [2.05, 4.69) is 5.32 Å². The number of hydrogen-bond acceptors (Lipinski definition) is 3. The van der Waals surface area contributed by atoms with E-state index in [1.165, 1.54) is 0 Å². The summed E-state index contributed by atoms with van der Waals surface area (Å²) in [5.74, 6) is 1.09. The normalized spacial score (nSPS) is 10.0. The molecule has 98 valence electrons. The third kappa shape index (κ3) is 3.04. The van der Waals surface area contributed by atoms with Gasteiger partial charge in [-0.2, -0.15) is 0 Å². The fraction of sp³-hybridized carbons (Fsp3) is 0.133. The van der Waals surface area contributed by atoms with E-state index in [-0.39, 0.29) is 5.91 Å². The Hall–Kier alpha value is -2.49. The van der Waals surface area contributed by atoms with Crippen LogP contribution in [0.3, 0.4) is 0 Å². The van der Waals surface area contributed by atoms with Gasteiger partial charge in [-0.25, -0.2) is 0 Å². The average Bonchev–Trinajstić information content (AvgIpc) is 2.40. The third-order valence-corrected chi connectivity index (χ3v) is 2.72. The summed E-state index contributed by atoms with van der Waals surface area (Å²) < 4.78 is 5.70. The minimum Gasteiger partial charge on any atom is -0.455 e. The number of hydrogen-bond donors (Lipinski definition) is 2. The van der Waals surface area contributed by atoms with E-state index in [1.807, 2.05) is 31.2 Å². The maximum Gasteiger partial charge on any atom is 0.251 e. The van der Waals surface area contributed by atoms with Crippen molar-refractivity contribution in [3.8, 4) is 11.5 Å². The number of carbonyl (C=O) groups is 1. The lowest BCUT2D eigenvalue weighted by Gasteiger charge is -2.10. The Morgan fingerprint density at radius 2 is 2.00 bits per heavy atom. The number of amides is 1. The van der Waals surface area contributed by atoms with Crippen LogP contribution in [0, 0.1) is 6.92 Å². The van der Waals surface area contributed by atoms with Gasteiger partial charge in [0.25, 0.3) is 5.91 Å². The SMILES string of the molecule is CNC(=O)c1ccc(Oc2cccc(C)c2)c(N)c1. The van der Waals surface area contributed by atoms with Gasteiger partial charge in [-0.3, -0.25) is 4.79 Å². The van der Waals surface area contributed by atoms with Gasteiger partial charge in [0.1, 0.15) is 11.5 Å². The highest BCUT2D eigenvalue weighted by molar-refractivity contribution is 5.95. The zero-order valence-corrected chi connectivity index (χ0v) is 10.9. The van der Waals surface area contributed by atoms with Crippen molar-refractivity contribution in [1.29, 1.82) is 0 Å². The third-order valence-electron chi connectivity index (χ3n) is 2.72. The lowest BCUT2D eigenvalue weighted by Crippen LogP contribution is -2.17. The zero-order valence-electron chi connectivity index (χ0n) is 10.9. The highest BCUT2D eigenvalue weighted by atomic mass is 16.5. The van der Waals surface area contributed by atoms with Crippen LogP contribution in [0.25, 0.3) is 0 Å². The molecule has 0 fully saturated rings. The van der Waals surface area contributed by atoms with Crippen molar-refractivity contribution in [2.45, 2.75) is 6.92 Å². The highest BCUT2D eigenvalue weighted by Gasteiger charge is 2.08. The van der Waals surface area contributed by atoms with Crippen LogP contribution in [0.2, 0.25) is 0 Å². The molecule has 2 aromatic carbocycles. The van der Waals surface area contributed by atoms with Crippen molar-refractivity contribution in [2.75, 3.05) is 12.8 Å². The van der Waals surface area contributed by atoms with Crippen LogP contribution in [0.5, 0.6) is 11.5 Å². The van der Waals surface area contributed by atoms with Crippen molar-refractivity contribution in [3.05, 3.63) is 53.6 Å². The first-order valence-corrected chi connectivity index (χ1v) is 5.96. The first-order valence-electron chi connectivity index (χ1n) is 5.96. The second kappa shape index (κ2) is 5.44. The van der Waals surface area contributed by atoms with Gasteiger partial charge in [0.05, 0.1) is 5.69 Å². The van der Waals surface area contributed by atoms with Gasteiger partial charge in [-0.1, -0.05) is 12.1 Å². The molecular formula is C15H16N2O2. The van der Waals surface area contributed by atoms with Crippen molar-refractivity contribution in [3.63, 3.8) is 0 Å². The Labute approximate surface area is 112 Å². The van der Waals surface area contributed by atoms with E-state index in [4.69, 9.17) is 10.5 Å². The minimum absolute atomic E-state index is 0.172. The summed E-state index contributed by atoms with van der Waals surface area (Å²) in [5, 5.41) is 2.55. The van der Waals surface area contributed by atoms with Crippen LogP contribution >= 0.6 is 0 Å². The smallest absolute Gasteiger partial charge is 0.251 e. The summed E-state index contributed by atoms with van der Waals surface area (Å²) >= 11 is 0. The van der Waals surface area contributed by atoms with Crippen LogP contribution in [-0.4, -0.2) is 13.0 Å². The molecule has 0 unspecified atom stereocenters. The second-order valence-corrected chi connectivity index (χ2v) is 4.25. The predicted octanol–water partition coefficient (Wildman–Crippen LogP) is 2.73. The van der Waals surface area contributed by atoms with Crippen molar-refractivity contribution in [1.82, 2.24) is 5.32 Å². The molecular weight excluding hydrogens is 240 g/mol. The predicted molar refractivity (Wildman–Crippen MR) is 75.5 cm³/mol. The van der Waals surface area contributed by atoms with Gasteiger partial charge in [-0.05, 0) is 42.8 Å². The summed E-state index contributed by atoms with van der Waals surface area (Å²) in [6.07, 6.45) is 0. The fourth-order valence-corrected chi connectivity index (χ4v) is 1.73. The molecule has 0 aliphatic rings. The number of nitrogens with two attached hydrogens (primary N) is 1. The zero-order chi connectivity index (χ0) is 13.8. The maximum atomic E-state index is 11.5. The summed E-state index contributed by atoms with van der Waals surface area (Å²) in [4.78, 5) is 11.5. The van der Waals surface area contributed by atoms with Crippen molar-refractivity contribution in [2.24, 2.45) is 0 Å². The molecule has 0 atom stereocenters. The van der Waals surface area contributed by atoms with E-state index in [1.54, 1.807) is 25.2 Å². The molecule has 4 nitrogen and oxygen atoms in total. The molecule has 3 N–H and O–H groups in total. The molecule has 2 rings (SSSR count). The van der Waals surface area contributed by atoms with E-state index in [0.717, 1.165) is 11.3 Å². The summed E-state index contributed by atoms with van der Waals surface area (Å²) in [6, 6.07) is 12.7. The minimum atomic E-state index is -0.172. The van der Waals surface area contributed by atoms with Gasteiger partial charge >= 0.3 is 0 Å². The van der Waals surface area contributed by atoms with Crippen LogP contribution in [0.1, 0.15) is 15.9 Å². The summed E-state index contributed by atoms with van der Waals surface area (Å²) in [6.45, 7) is 1.99. The Morgan fingerprint density at radius 1 is 1.21 bits per heavy atom. The number of carbonyl (C=O) groups excluding carboxylic acids is 1. The number of aryl methyl sites for hydroxylation is 1. The Bertz CT molecular complexity index is 609. The molecule has 19 heavy (non-hydrogen) atoms. The molecule has 4 heteroatoms. The Balaban J connectivity index is 2.24. The number of ether oxygens (including phenoxy) is 1. The molecule has 0 bridgehead atoms. The van der Waals surface area contributed by atoms with E-state index < -0.39 is 0 Å². The number of nitrogen functional groups attached to an aromatic ring is 1. The topological polar surface area (TPSA) is 64.3 Å².